The van der Waals surface area contributed by atoms with E-state index >= 15 is 0 Å². The van der Waals surface area contributed by atoms with E-state index in [0.717, 1.165) is 82.0 Å². The Kier molecular flexibility index (Phi) is 36.5. The number of nitrogens with one attached hydrogen (secondary N) is 2. The highest BCUT2D eigenvalue weighted by Gasteiger charge is 2.38. The molecule has 3 heterocycles. The van der Waals surface area contributed by atoms with E-state index in [1.165, 1.54) is 12.8 Å². The Bertz CT molecular complexity index is 2540. The summed E-state index contributed by atoms with van der Waals surface area (Å²) >= 11 is 0. The average Bonchev–Trinajstić information content (AvgIpc) is 1.68. The van der Waals surface area contributed by atoms with E-state index in [0.29, 0.717) is 152 Å². The van der Waals surface area contributed by atoms with Gasteiger partial charge in [0.1, 0.15) is 17.5 Å². The van der Waals surface area contributed by atoms with Gasteiger partial charge < -0.3 is 73.2 Å². The van der Waals surface area contributed by atoms with Crippen molar-refractivity contribution in [1.29, 1.82) is 0 Å². The van der Waals surface area contributed by atoms with E-state index in [4.69, 9.17) is 48.4 Å². The summed E-state index contributed by atoms with van der Waals surface area (Å²) in [5, 5.41) is 15.2. The molecule has 1 aromatic heterocycles. The van der Waals surface area contributed by atoms with Crippen molar-refractivity contribution in [3.8, 4) is 5.75 Å². The van der Waals surface area contributed by atoms with Gasteiger partial charge in [0, 0.05) is 68.6 Å². The third kappa shape index (κ3) is 28.8. The summed E-state index contributed by atoms with van der Waals surface area (Å²) in [4.78, 5) is 39.6. The Morgan fingerprint density at radius 1 is 0.789 bits per heavy atom. The quantitative estimate of drug-likeness (QED) is 0.0159. The van der Waals surface area contributed by atoms with Crippen LogP contribution in [0.5, 0.6) is 5.75 Å². The highest BCUT2D eigenvalue weighted by Crippen LogP contribution is 2.40. The lowest BCUT2D eigenvalue weighted by molar-refractivity contribution is -0.136. The minimum absolute atomic E-state index is 0.0380. The fraction of sp³-hybridized carbons (Fsp3) is 0.652. The molecule has 0 bridgehead atoms. The number of carbonyl (C=O) groups excluding carboxylic acids is 3. The van der Waals surface area contributed by atoms with Crippen molar-refractivity contribution >= 4 is 18.3 Å². The number of amides is 2. The number of hydrogen-bond donors (Lipinski definition) is 3. The van der Waals surface area contributed by atoms with Crippen molar-refractivity contribution in [3.05, 3.63) is 114 Å². The van der Waals surface area contributed by atoms with Crippen molar-refractivity contribution in [3.63, 3.8) is 0 Å². The third-order valence-corrected chi connectivity index (χ3v) is 15.7. The van der Waals surface area contributed by atoms with E-state index < -0.39 is 29.2 Å². The van der Waals surface area contributed by atoms with Crippen LogP contribution in [0.15, 0.2) is 79.2 Å². The first-order valence-electron chi connectivity index (χ1n) is 31.9. The summed E-state index contributed by atoms with van der Waals surface area (Å²) in [5.41, 5.74) is 7.62. The molecule has 2 saturated heterocycles. The number of rotatable bonds is 46. The predicted octanol–water partition coefficient (Wildman–Crippen LogP) is 8.09. The van der Waals surface area contributed by atoms with Crippen LogP contribution in [0.25, 0.3) is 0 Å². The second kappa shape index (κ2) is 43.9. The fourth-order valence-corrected chi connectivity index (χ4v) is 10.8. The number of likely N-dealkylation sites (tertiary alicyclic amines) is 2. The van der Waals surface area contributed by atoms with Crippen LogP contribution in [0.2, 0.25) is 0 Å². The molecule has 24 heteroatoms. The SMILES string of the molecule is C=C/C=C\C(C)COC1CC(c2nnc(C)n2C(C)CC2CCC(C)N2CCC(NC=O)c2ccccc2)C1.CC1CCN(C(=O)CCOCCOCCOCCOC/C(N)=C/NCCOCCOCCOCCOCCC(=O)Oc2c(F)cc(F)cc2F)C1. The number of nitrogens with two attached hydrogens (primary N) is 1. The highest BCUT2D eigenvalue weighted by atomic mass is 19.1. The minimum Gasteiger partial charge on any atom is -0.420 e. The molecule has 6 atom stereocenters. The van der Waals surface area contributed by atoms with Crippen molar-refractivity contribution in [1.82, 2.24) is 35.2 Å². The molecule has 3 aliphatic rings. The molecule has 4 N–H and O–H groups in total. The van der Waals surface area contributed by atoms with Gasteiger partial charge in [-0.3, -0.25) is 19.3 Å². The zero-order chi connectivity index (χ0) is 64.7. The van der Waals surface area contributed by atoms with E-state index in [2.05, 4.69) is 94.4 Å². The number of halogens is 3. The standard InChI is InChI=1S/C34H54F3N3O11.C32H47N5O2/c1-27-2-6-40(25-27)32(41)3-7-43-10-13-46-18-19-49-20-21-50-26-29(38)24-39-5-9-45-12-15-48-17-16-47-14-11-44-8-4-33(42)51-34-30(36)22-28(35)23-31(34)37;1-6-7-11-23(2)21-39-30-19-28(20-30)32-35-34-26(5)37(32)25(4)18-29-15-14-24(3)36(29)17-16-31(33-22-38)27-12-9-8-10-13-27/h22-24,27,39H,2-21,25-26,38H2,1H3;6-13,22-25,28-31H,1,14-21H2,2-5H3,(H,33,38)/b29-24-;11-7-. The maximum atomic E-state index is 13.5. The Morgan fingerprint density at radius 2 is 1.39 bits per heavy atom. The molecule has 6 rings (SSSR count). The van der Waals surface area contributed by atoms with Crippen LogP contribution in [0.4, 0.5) is 13.2 Å². The molecule has 504 valence electrons. The van der Waals surface area contributed by atoms with Crippen LogP contribution in [-0.2, 0) is 57.0 Å². The van der Waals surface area contributed by atoms with E-state index in [-0.39, 0.29) is 44.8 Å². The van der Waals surface area contributed by atoms with Crippen LogP contribution >= 0.6 is 0 Å². The second-order valence-corrected chi connectivity index (χ2v) is 23.1. The highest BCUT2D eigenvalue weighted by molar-refractivity contribution is 5.76. The van der Waals surface area contributed by atoms with Gasteiger partial charge in [-0.05, 0) is 83.1 Å². The van der Waals surface area contributed by atoms with Gasteiger partial charge in [0.25, 0.3) is 0 Å². The zero-order valence-corrected chi connectivity index (χ0v) is 53.7. The number of aryl methyl sites for hydroxylation is 1. The maximum absolute atomic E-state index is 13.5. The molecule has 21 nitrogen and oxygen atoms in total. The molecule has 2 aliphatic heterocycles. The number of allylic oxidation sites excluding steroid dienone is 2. The molecule has 3 fully saturated rings. The number of ether oxygens (including phenoxy) is 10. The van der Waals surface area contributed by atoms with E-state index in [1.807, 2.05) is 35.3 Å². The smallest absolute Gasteiger partial charge is 0.313 e. The Morgan fingerprint density at radius 3 is 1.99 bits per heavy atom. The lowest BCUT2D eigenvalue weighted by Crippen LogP contribution is -2.38. The molecule has 6 unspecified atom stereocenters. The molecular weight excluding hydrogens is 1170 g/mol. The van der Waals surface area contributed by atoms with Gasteiger partial charge in [-0.1, -0.05) is 69.0 Å². The van der Waals surface area contributed by atoms with Crippen LogP contribution in [-0.4, -0.2) is 200 Å². The van der Waals surface area contributed by atoms with Crippen molar-refractivity contribution in [2.45, 2.75) is 129 Å². The van der Waals surface area contributed by atoms with Crippen molar-refractivity contribution < 1.29 is 74.9 Å². The lowest BCUT2D eigenvalue weighted by atomic mass is 9.81. The van der Waals surface area contributed by atoms with Gasteiger partial charge in [0.05, 0.1) is 143 Å². The van der Waals surface area contributed by atoms with Gasteiger partial charge in [-0.15, -0.1) is 10.2 Å². The Balaban J connectivity index is 0.000000338. The molecular formula is C66H101F3N8O13. The normalized spacial score (nSPS) is 19.5. The van der Waals surface area contributed by atoms with E-state index in [1.54, 1.807) is 6.20 Å². The first-order valence-corrected chi connectivity index (χ1v) is 31.9. The van der Waals surface area contributed by atoms with Gasteiger partial charge in [0.15, 0.2) is 11.6 Å². The zero-order valence-electron chi connectivity index (χ0n) is 53.7. The summed E-state index contributed by atoms with van der Waals surface area (Å²) in [5.74, 6) is -1.90. The second-order valence-electron chi connectivity index (χ2n) is 23.1. The monoisotopic (exact) mass is 1270 g/mol. The molecule has 1 saturated carbocycles. The molecule has 2 aromatic carbocycles. The fourth-order valence-electron chi connectivity index (χ4n) is 10.8. The number of aromatic nitrogens is 3. The summed E-state index contributed by atoms with van der Waals surface area (Å²) in [6.45, 7) is 24.5. The number of hydrogen-bond acceptors (Lipinski definition) is 18. The first-order chi connectivity index (χ1) is 43.7. The predicted molar refractivity (Wildman–Crippen MR) is 335 cm³/mol. The first kappa shape index (κ1) is 74.9. The molecule has 90 heavy (non-hydrogen) atoms. The summed E-state index contributed by atoms with van der Waals surface area (Å²) in [6.07, 6.45) is 16.4. The van der Waals surface area contributed by atoms with Crippen LogP contribution in [0, 0.1) is 36.2 Å². The molecule has 1 aliphatic carbocycles. The lowest BCUT2D eigenvalue weighted by Gasteiger charge is -2.36. The summed E-state index contributed by atoms with van der Waals surface area (Å²) in [7, 11) is 0. The number of nitrogens with zero attached hydrogens (tertiary/aromatic N) is 5. The van der Waals surface area contributed by atoms with Crippen LogP contribution < -0.4 is 21.1 Å². The van der Waals surface area contributed by atoms with Crippen LogP contribution in [0.1, 0.15) is 121 Å². The molecule has 2 amide bonds. The largest absolute Gasteiger partial charge is 0.420 e. The molecule has 0 spiro atoms. The third-order valence-electron chi connectivity index (χ3n) is 15.7. The molecule has 0 radical (unpaired) electrons. The summed E-state index contributed by atoms with van der Waals surface area (Å²) in [6, 6.07) is 12.6. The van der Waals surface area contributed by atoms with Crippen molar-refractivity contribution in [2.24, 2.45) is 17.6 Å². The molecule has 3 aromatic rings. The number of esters is 1. The summed E-state index contributed by atoms with van der Waals surface area (Å²) < 4.78 is 96.4. The van der Waals surface area contributed by atoms with Gasteiger partial charge in [0.2, 0.25) is 18.1 Å². The van der Waals surface area contributed by atoms with E-state index in [9.17, 15) is 27.6 Å². The average molecular weight is 1270 g/mol. The van der Waals surface area contributed by atoms with Gasteiger partial charge in [-0.25, -0.2) is 13.2 Å². The topological polar surface area (TPSA) is 231 Å². The Hall–Kier alpha value is -5.80. The minimum atomic E-state index is -1.30. The number of carbonyl (C=O) groups is 3. The Labute approximate surface area is 530 Å². The maximum Gasteiger partial charge on any atom is 0.313 e. The van der Waals surface area contributed by atoms with Crippen molar-refractivity contribution in [2.75, 3.05) is 138 Å². The van der Waals surface area contributed by atoms with Gasteiger partial charge in [-0.2, -0.15) is 0 Å². The van der Waals surface area contributed by atoms with Gasteiger partial charge >= 0.3 is 5.97 Å². The number of benzene rings is 2. The van der Waals surface area contributed by atoms with Crippen LogP contribution in [0.3, 0.4) is 0 Å².